The van der Waals surface area contributed by atoms with Crippen molar-refractivity contribution < 1.29 is 4.79 Å². The molecule has 0 unspecified atom stereocenters. The van der Waals surface area contributed by atoms with Crippen LogP contribution in [0.2, 0.25) is 0 Å². The largest absolute Gasteiger partial charge is 0.335 e. The van der Waals surface area contributed by atoms with Gasteiger partial charge in [-0.3, -0.25) is 4.90 Å². The number of amides is 2. The molecule has 1 saturated carbocycles. The molecule has 5 nitrogen and oxygen atoms in total. The molecule has 0 atom stereocenters. The molecule has 4 rings (SSSR count). The van der Waals surface area contributed by atoms with E-state index in [-0.39, 0.29) is 6.03 Å². The van der Waals surface area contributed by atoms with E-state index in [2.05, 4.69) is 52.6 Å². The van der Waals surface area contributed by atoms with E-state index in [1.807, 2.05) is 11.1 Å². The lowest BCUT2D eigenvalue weighted by atomic mass is 9.96. The number of hydrogen-bond acceptors (Lipinski definition) is 4. The quantitative estimate of drug-likeness (QED) is 0.650. The van der Waals surface area contributed by atoms with Crippen LogP contribution in [0.25, 0.3) is 0 Å². The summed E-state index contributed by atoms with van der Waals surface area (Å²) in [5.41, 5.74) is 4.03. The summed E-state index contributed by atoms with van der Waals surface area (Å²) < 4.78 is 0. The maximum Gasteiger partial charge on any atom is 0.317 e. The Morgan fingerprint density at radius 2 is 1.81 bits per heavy atom. The van der Waals surface area contributed by atoms with Gasteiger partial charge in [-0.25, -0.2) is 9.78 Å². The molecule has 168 valence electrons. The van der Waals surface area contributed by atoms with Gasteiger partial charge in [-0.15, -0.1) is 11.3 Å². The third-order valence-corrected chi connectivity index (χ3v) is 7.40. The number of carbonyl (C=O) groups excluding carboxylic acids is 1. The van der Waals surface area contributed by atoms with Gasteiger partial charge in [-0.05, 0) is 51.0 Å². The van der Waals surface area contributed by atoms with Gasteiger partial charge in [0.2, 0.25) is 0 Å². The minimum atomic E-state index is 0.153. The Morgan fingerprint density at radius 3 is 2.45 bits per heavy atom. The Balaban J connectivity index is 1.33. The first-order valence-electron chi connectivity index (χ1n) is 11.8. The number of thiazole rings is 1. The van der Waals surface area contributed by atoms with Crippen LogP contribution in [0.5, 0.6) is 0 Å². The normalized spacial score (nSPS) is 18.1. The van der Waals surface area contributed by atoms with E-state index >= 15 is 0 Å². The van der Waals surface area contributed by atoms with Crippen LogP contribution in [-0.4, -0.2) is 46.5 Å². The van der Waals surface area contributed by atoms with E-state index in [1.54, 1.807) is 11.3 Å². The second kappa shape index (κ2) is 10.6. The summed E-state index contributed by atoms with van der Waals surface area (Å²) in [5.74, 6) is 0.626. The lowest BCUT2D eigenvalue weighted by Gasteiger charge is -2.35. The van der Waals surface area contributed by atoms with Gasteiger partial charge in [-0.1, -0.05) is 42.2 Å². The summed E-state index contributed by atoms with van der Waals surface area (Å²) >= 11 is 1.74. The van der Waals surface area contributed by atoms with Crippen LogP contribution in [0, 0.1) is 19.8 Å². The Kier molecular flexibility index (Phi) is 7.62. The number of urea groups is 1. The number of aromatic nitrogens is 1. The van der Waals surface area contributed by atoms with Gasteiger partial charge in [0.1, 0.15) is 5.01 Å². The number of carbonyl (C=O) groups is 1. The number of nitrogens with one attached hydrogen (secondary N) is 1. The summed E-state index contributed by atoms with van der Waals surface area (Å²) in [6.45, 7) is 9.00. The fourth-order valence-corrected chi connectivity index (χ4v) is 5.80. The van der Waals surface area contributed by atoms with Gasteiger partial charge >= 0.3 is 6.03 Å². The molecule has 1 aromatic carbocycles. The SMILES string of the molecule is Cc1cc(C)cc(CN(Cc2nccs2)CC2CCN(C(=O)NC3CCCC3)CC2)c1. The van der Waals surface area contributed by atoms with Crippen LogP contribution in [-0.2, 0) is 13.1 Å². The zero-order valence-electron chi connectivity index (χ0n) is 19.0. The molecule has 2 fully saturated rings. The van der Waals surface area contributed by atoms with Crippen molar-refractivity contribution in [2.75, 3.05) is 19.6 Å². The predicted molar refractivity (Wildman–Crippen MR) is 127 cm³/mol. The number of rotatable bonds is 7. The van der Waals surface area contributed by atoms with Crippen molar-refractivity contribution in [3.63, 3.8) is 0 Å². The number of hydrogen-bond donors (Lipinski definition) is 1. The molecule has 31 heavy (non-hydrogen) atoms. The van der Waals surface area contributed by atoms with Crippen LogP contribution in [0.3, 0.4) is 0 Å². The highest BCUT2D eigenvalue weighted by Crippen LogP contribution is 2.23. The van der Waals surface area contributed by atoms with E-state index in [1.165, 1.54) is 34.5 Å². The van der Waals surface area contributed by atoms with Gasteiger partial charge < -0.3 is 10.2 Å². The predicted octanol–water partition coefficient (Wildman–Crippen LogP) is 5.13. The zero-order chi connectivity index (χ0) is 21.6. The lowest BCUT2D eigenvalue weighted by Crippen LogP contribution is -2.48. The fraction of sp³-hybridized carbons (Fsp3) is 0.600. The molecule has 0 bridgehead atoms. The third-order valence-electron chi connectivity index (χ3n) is 6.63. The minimum absolute atomic E-state index is 0.153. The van der Waals surface area contributed by atoms with Crippen molar-refractivity contribution in [3.05, 3.63) is 51.5 Å². The first kappa shape index (κ1) is 22.3. The van der Waals surface area contributed by atoms with E-state index in [4.69, 9.17) is 0 Å². The molecule has 0 radical (unpaired) electrons. The molecule has 1 aromatic heterocycles. The van der Waals surface area contributed by atoms with E-state index in [9.17, 15) is 4.79 Å². The van der Waals surface area contributed by atoms with E-state index in [0.29, 0.717) is 12.0 Å². The van der Waals surface area contributed by atoms with Gasteiger partial charge in [0.25, 0.3) is 0 Å². The molecule has 2 aromatic rings. The second-order valence-electron chi connectivity index (χ2n) is 9.45. The maximum absolute atomic E-state index is 12.6. The highest BCUT2D eigenvalue weighted by atomic mass is 32.1. The number of likely N-dealkylation sites (tertiary alicyclic amines) is 1. The molecule has 1 saturated heterocycles. The Labute approximate surface area is 190 Å². The molecule has 0 spiro atoms. The number of piperidine rings is 1. The number of aryl methyl sites for hydroxylation is 2. The summed E-state index contributed by atoms with van der Waals surface area (Å²) in [6, 6.07) is 7.40. The van der Waals surface area contributed by atoms with Gasteiger partial charge in [0.15, 0.2) is 0 Å². The topological polar surface area (TPSA) is 48.5 Å². The molecule has 2 heterocycles. The molecule has 1 aliphatic carbocycles. The summed E-state index contributed by atoms with van der Waals surface area (Å²) in [5, 5.41) is 6.49. The van der Waals surface area contributed by atoms with Gasteiger partial charge in [0, 0.05) is 43.8 Å². The number of nitrogens with zero attached hydrogens (tertiary/aromatic N) is 3. The first-order chi connectivity index (χ1) is 15.0. The number of benzene rings is 1. The molecule has 2 aliphatic rings. The Hall–Kier alpha value is -1.92. The first-order valence-corrected chi connectivity index (χ1v) is 12.7. The maximum atomic E-state index is 12.6. The second-order valence-corrected chi connectivity index (χ2v) is 10.4. The smallest absolute Gasteiger partial charge is 0.317 e. The summed E-state index contributed by atoms with van der Waals surface area (Å²) in [6.07, 6.45) is 8.86. The van der Waals surface area contributed by atoms with Crippen molar-refractivity contribution in [2.45, 2.75) is 71.5 Å². The molecule has 1 N–H and O–H groups in total. The van der Waals surface area contributed by atoms with Crippen molar-refractivity contribution >= 4 is 17.4 Å². The van der Waals surface area contributed by atoms with Crippen LogP contribution in [0.4, 0.5) is 4.79 Å². The minimum Gasteiger partial charge on any atom is -0.335 e. The molecule has 6 heteroatoms. The van der Waals surface area contributed by atoms with Gasteiger partial charge in [-0.2, -0.15) is 0 Å². The van der Waals surface area contributed by atoms with Gasteiger partial charge in [0.05, 0.1) is 6.54 Å². The molecular formula is C25H36N4OS. The fourth-order valence-electron chi connectivity index (χ4n) is 5.15. The molecular weight excluding hydrogens is 404 g/mol. The van der Waals surface area contributed by atoms with Crippen molar-refractivity contribution in [3.8, 4) is 0 Å². The standard InChI is InChI=1S/C25H36N4OS/c1-19-13-20(2)15-22(14-19)17-28(18-24-26-9-12-31-24)16-21-7-10-29(11-8-21)25(30)27-23-5-3-4-6-23/h9,12-15,21,23H,3-8,10-11,16-18H2,1-2H3,(H,27,30). The summed E-state index contributed by atoms with van der Waals surface area (Å²) in [7, 11) is 0. The van der Waals surface area contributed by atoms with Crippen molar-refractivity contribution in [2.24, 2.45) is 5.92 Å². The van der Waals surface area contributed by atoms with Crippen LogP contribution in [0.15, 0.2) is 29.8 Å². The zero-order valence-corrected chi connectivity index (χ0v) is 19.8. The average molecular weight is 441 g/mol. The molecule has 1 aliphatic heterocycles. The van der Waals surface area contributed by atoms with Crippen molar-refractivity contribution in [1.29, 1.82) is 0 Å². The highest BCUT2D eigenvalue weighted by molar-refractivity contribution is 7.09. The van der Waals surface area contributed by atoms with Crippen LogP contribution < -0.4 is 5.32 Å². The third kappa shape index (κ3) is 6.53. The average Bonchev–Trinajstić information content (AvgIpc) is 3.42. The van der Waals surface area contributed by atoms with E-state index < -0.39 is 0 Å². The Morgan fingerprint density at radius 1 is 1.10 bits per heavy atom. The van der Waals surface area contributed by atoms with E-state index in [0.717, 1.165) is 58.4 Å². The van der Waals surface area contributed by atoms with Crippen molar-refractivity contribution in [1.82, 2.24) is 20.1 Å². The van der Waals surface area contributed by atoms with Crippen LogP contribution in [0.1, 0.15) is 60.2 Å². The lowest BCUT2D eigenvalue weighted by molar-refractivity contribution is 0.139. The summed E-state index contributed by atoms with van der Waals surface area (Å²) in [4.78, 5) is 21.7. The van der Waals surface area contributed by atoms with Crippen LogP contribution >= 0.6 is 11.3 Å². The monoisotopic (exact) mass is 440 g/mol. The Bertz CT molecular complexity index is 819. The molecule has 2 amide bonds. The highest BCUT2D eigenvalue weighted by Gasteiger charge is 2.26.